The molecule has 0 spiro atoms. The molecule has 1 amide bonds. The van der Waals surface area contributed by atoms with E-state index < -0.39 is 28.0 Å². The Morgan fingerprint density at radius 1 is 0.882 bits per heavy atom. The number of nitrogens with one attached hydrogen (secondary N) is 1. The summed E-state index contributed by atoms with van der Waals surface area (Å²) >= 11 is 0. The van der Waals surface area contributed by atoms with E-state index in [0.29, 0.717) is 5.69 Å². The maximum atomic E-state index is 12.8. The van der Waals surface area contributed by atoms with E-state index in [1.165, 1.54) is 42.5 Å². The van der Waals surface area contributed by atoms with Crippen molar-refractivity contribution in [1.29, 1.82) is 0 Å². The number of ether oxygens (including phenoxy) is 1. The Bertz CT molecular complexity index is 1270. The number of nitrogens with zero attached hydrogens (tertiary/aromatic N) is 1. The maximum Gasteiger partial charge on any atom is 0.338 e. The number of hydrogen-bond donors (Lipinski definition) is 1. The van der Waals surface area contributed by atoms with Crippen molar-refractivity contribution in [2.24, 2.45) is 0 Å². The molecule has 1 atom stereocenters. The van der Waals surface area contributed by atoms with Gasteiger partial charge in [0.25, 0.3) is 5.91 Å². The highest BCUT2D eigenvalue weighted by atomic mass is 32.2. The van der Waals surface area contributed by atoms with Crippen LogP contribution in [0, 0.1) is 0 Å². The molecular formula is C26H28N2O5S. The second-order valence-corrected chi connectivity index (χ2v) is 10.1. The average molecular weight is 481 g/mol. The number of carbonyl (C=O) groups is 2. The molecule has 0 saturated carbocycles. The third kappa shape index (κ3) is 5.70. The zero-order chi connectivity index (χ0) is 24.9. The fourth-order valence-electron chi connectivity index (χ4n) is 3.21. The number of esters is 1. The second kappa shape index (κ2) is 10.6. The Labute approximate surface area is 200 Å². The van der Waals surface area contributed by atoms with Crippen LogP contribution in [0.3, 0.4) is 0 Å². The monoisotopic (exact) mass is 480 g/mol. The maximum absolute atomic E-state index is 12.8. The lowest BCUT2D eigenvalue weighted by Crippen LogP contribution is -2.33. The van der Waals surface area contributed by atoms with Gasteiger partial charge in [0.15, 0.2) is 6.10 Å². The molecule has 3 rings (SSSR count). The van der Waals surface area contributed by atoms with Gasteiger partial charge < -0.3 is 10.1 Å². The molecule has 0 heterocycles. The highest BCUT2D eigenvalue weighted by molar-refractivity contribution is 7.89. The van der Waals surface area contributed by atoms with Gasteiger partial charge >= 0.3 is 5.97 Å². The number of hydrogen-bond acceptors (Lipinski definition) is 5. The summed E-state index contributed by atoms with van der Waals surface area (Å²) in [6.07, 6.45) is -1.10. The van der Waals surface area contributed by atoms with Gasteiger partial charge in [0.2, 0.25) is 10.0 Å². The van der Waals surface area contributed by atoms with Gasteiger partial charge in [-0.1, -0.05) is 54.6 Å². The second-order valence-electron chi connectivity index (χ2n) is 8.09. The van der Waals surface area contributed by atoms with Gasteiger partial charge in [-0.3, -0.25) is 4.79 Å². The molecule has 0 aliphatic rings. The molecule has 178 valence electrons. The van der Waals surface area contributed by atoms with Crippen LogP contribution in [0.5, 0.6) is 0 Å². The van der Waals surface area contributed by atoms with Crippen LogP contribution in [0.15, 0.2) is 83.8 Å². The van der Waals surface area contributed by atoms with E-state index in [2.05, 4.69) is 5.32 Å². The molecule has 1 unspecified atom stereocenters. The molecule has 7 nitrogen and oxygen atoms in total. The van der Waals surface area contributed by atoms with Crippen molar-refractivity contribution < 1.29 is 22.7 Å². The topological polar surface area (TPSA) is 92.8 Å². The lowest BCUT2D eigenvalue weighted by atomic mass is 10.0. The average Bonchev–Trinajstić information content (AvgIpc) is 2.84. The van der Waals surface area contributed by atoms with Gasteiger partial charge in [0, 0.05) is 24.3 Å². The largest absolute Gasteiger partial charge is 0.449 e. The van der Waals surface area contributed by atoms with Crippen LogP contribution in [-0.2, 0) is 19.6 Å². The van der Waals surface area contributed by atoms with Gasteiger partial charge in [0.1, 0.15) is 0 Å². The highest BCUT2D eigenvalue weighted by Crippen LogP contribution is 2.27. The van der Waals surface area contributed by atoms with Crippen LogP contribution in [0.25, 0.3) is 11.1 Å². The number of anilines is 1. The summed E-state index contributed by atoms with van der Waals surface area (Å²) < 4.78 is 32.0. The van der Waals surface area contributed by atoms with Crippen molar-refractivity contribution >= 4 is 27.6 Å². The van der Waals surface area contributed by atoms with Gasteiger partial charge in [-0.05, 0) is 50.6 Å². The number of benzene rings is 3. The van der Waals surface area contributed by atoms with E-state index in [9.17, 15) is 18.0 Å². The molecule has 0 aliphatic carbocycles. The standard InChI is InChI=1S/C26H28N2O5S/c1-18(2)28(4)34(31,32)22-14-10-13-21(17-22)26(30)33-19(3)25(29)27-24-16-9-8-15-23(24)20-11-6-5-7-12-20/h5-19H,1-4H3,(H,27,29). The third-order valence-corrected chi connectivity index (χ3v) is 7.43. The van der Waals surface area contributed by atoms with Crippen molar-refractivity contribution in [2.45, 2.75) is 37.8 Å². The van der Waals surface area contributed by atoms with E-state index in [-0.39, 0.29) is 16.5 Å². The fourth-order valence-corrected chi connectivity index (χ4v) is 4.62. The van der Waals surface area contributed by atoms with Crippen molar-refractivity contribution in [3.8, 4) is 11.1 Å². The number of rotatable bonds is 8. The minimum Gasteiger partial charge on any atom is -0.449 e. The number of amides is 1. The molecule has 8 heteroatoms. The van der Waals surface area contributed by atoms with E-state index in [1.54, 1.807) is 26.0 Å². The van der Waals surface area contributed by atoms with Crippen LogP contribution < -0.4 is 5.32 Å². The predicted molar refractivity (Wildman–Crippen MR) is 132 cm³/mol. The van der Waals surface area contributed by atoms with Crippen molar-refractivity contribution in [2.75, 3.05) is 12.4 Å². The third-order valence-electron chi connectivity index (χ3n) is 5.40. The minimum atomic E-state index is -3.76. The Balaban J connectivity index is 1.73. The van der Waals surface area contributed by atoms with E-state index in [0.717, 1.165) is 11.1 Å². The normalized spacial score (nSPS) is 12.4. The summed E-state index contributed by atoms with van der Waals surface area (Å²) in [5.41, 5.74) is 2.41. The van der Waals surface area contributed by atoms with Gasteiger partial charge in [-0.15, -0.1) is 0 Å². The van der Waals surface area contributed by atoms with Gasteiger partial charge in [-0.2, -0.15) is 4.31 Å². The summed E-state index contributed by atoms with van der Waals surface area (Å²) in [7, 11) is -2.29. The number of carbonyl (C=O) groups excluding carboxylic acids is 2. The first-order chi connectivity index (χ1) is 16.1. The summed E-state index contributed by atoms with van der Waals surface area (Å²) in [6, 6.07) is 22.3. The van der Waals surface area contributed by atoms with Crippen LogP contribution in [0.1, 0.15) is 31.1 Å². The zero-order valence-electron chi connectivity index (χ0n) is 19.6. The van der Waals surface area contributed by atoms with Crippen molar-refractivity contribution in [1.82, 2.24) is 4.31 Å². The number of para-hydroxylation sites is 1. The zero-order valence-corrected chi connectivity index (χ0v) is 20.4. The minimum absolute atomic E-state index is 0.0213. The van der Waals surface area contributed by atoms with Crippen molar-refractivity contribution in [3.63, 3.8) is 0 Å². The molecule has 34 heavy (non-hydrogen) atoms. The summed E-state index contributed by atoms with van der Waals surface area (Å²) in [5.74, 6) is -1.29. The molecule has 3 aromatic carbocycles. The SMILES string of the molecule is CC(OC(=O)c1cccc(S(=O)(=O)N(C)C(C)C)c1)C(=O)Nc1ccccc1-c1ccccc1. The lowest BCUT2D eigenvalue weighted by molar-refractivity contribution is -0.123. The quantitative estimate of drug-likeness (QED) is 0.477. The van der Waals surface area contributed by atoms with E-state index in [1.807, 2.05) is 42.5 Å². The Morgan fingerprint density at radius 2 is 1.53 bits per heavy atom. The molecular weight excluding hydrogens is 452 g/mol. The van der Waals surface area contributed by atoms with Crippen LogP contribution in [0.2, 0.25) is 0 Å². The molecule has 0 aromatic heterocycles. The number of sulfonamides is 1. The fraction of sp³-hybridized carbons (Fsp3) is 0.231. The van der Waals surface area contributed by atoms with Crippen molar-refractivity contribution in [3.05, 3.63) is 84.4 Å². The summed E-state index contributed by atoms with van der Waals surface area (Å²) in [5, 5.41) is 2.81. The molecule has 1 N–H and O–H groups in total. The first-order valence-electron chi connectivity index (χ1n) is 10.9. The Morgan fingerprint density at radius 3 is 2.21 bits per heavy atom. The van der Waals surface area contributed by atoms with Gasteiger partial charge in [-0.25, -0.2) is 13.2 Å². The lowest BCUT2D eigenvalue weighted by Gasteiger charge is -2.21. The van der Waals surface area contributed by atoms with Crippen LogP contribution in [-0.4, -0.2) is 43.8 Å². The smallest absolute Gasteiger partial charge is 0.338 e. The molecule has 0 saturated heterocycles. The first kappa shape index (κ1) is 25.1. The molecule has 0 aliphatic heterocycles. The summed E-state index contributed by atoms with van der Waals surface area (Å²) in [4.78, 5) is 25.4. The molecule has 0 bridgehead atoms. The highest BCUT2D eigenvalue weighted by Gasteiger charge is 2.25. The van der Waals surface area contributed by atoms with Gasteiger partial charge in [0.05, 0.1) is 10.5 Å². The first-order valence-corrected chi connectivity index (χ1v) is 12.3. The summed E-state index contributed by atoms with van der Waals surface area (Å²) in [6.45, 7) is 4.98. The Kier molecular flexibility index (Phi) is 7.86. The predicted octanol–water partition coefficient (Wildman–Crippen LogP) is 4.57. The molecule has 3 aromatic rings. The van der Waals surface area contributed by atoms with Crippen LogP contribution in [0.4, 0.5) is 5.69 Å². The van der Waals surface area contributed by atoms with E-state index >= 15 is 0 Å². The molecule has 0 fully saturated rings. The van der Waals surface area contributed by atoms with E-state index in [4.69, 9.17) is 4.74 Å². The molecule has 0 radical (unpaired) electrons. The Hall–Kier alpha value is -3.49. The van der Waals surface area contributed by atoms with Crippen LogP contribution >= 0.6 is 0 Å².